The quantitative estimate of drug-likeness (QED) is 0.138. The van der Waals surface area contributed by atoms with E-state index in [0.29, 0.717) is 78.2 Å². The summed E-state index contributed by atoms with van der Waals surface area (Å²) in [4.78, 5) is 0. The molecule has 0 aliphatic heterocycles. The minimum absolute atomic E-state index is 0.00791. The molecule has 12 aromatic rings. The van der Waals surface area contributed by atoms with Crippen molar-refractivity contribution >= 4 is 43.6 Å². The summed E-state index contributed by atoms with van der Waals surface area (Å²) in [5.41, 5.74) is 0.603. The van der Waals surface area contributed by atoms with Crippen LogP contribution in [0.25, 0.3) is 111 Å². The van der Waals surface area contributed by atoms with E-state index < -0.39 is 29.0 Å². The van der Waals surface area contributed by atoms with Crippen LogP contribution in [0.15, 0.2) is 176 Å². The van der Waals surface area contributed by atoms with E-state index in [1.54, 1.807) is 106 Å². The Bertz CT molecular complexity index is 4910. The first-order valence-electron chi connectivity index (χ1n) is 26.3. The van der Waals surface area contributed by atoms with Gasteiger partial charge >= 0.3 is 12.4 Å². The van der Waals surface area contributed by atoms with Crippen molar-refractivity contribution in [3.05, 3.63) is 237 Å². The molecular weight excluding hydrogens is 1120 g/mol. The van der Waals surface area contributed by atoms with E-state index >= 15 is 26.3 Å². The highest BCUT2D eigenvalue weighted by Gasteiger charge is 2.38. The largest absolute Gasteiger partial charge is 0.416 e. The summed E-state index contributed by atoms with van der Waals surface area (Å²) in [7, 11) is 0. The molecule has 0 bridgehead atoms. The van der Waals surface area contributed by atoms with Gasteiger partial charge in [0, 0.05) is 27.1 Å². The lowest BCUT2D eigenvalue weighted by atomic mass is 9.94. The van der Waals surface area contributed by atoms with Gasteiger partial charge in [0.15, 0.2) is 0 Å². The van der Waals surface area contributed by atoms with Crippen molar-refractivity contribution in [2.45, 2.75) is 12.4 Å². The first kappa shape index (κ1) is 55.3. The predicted molar refractivity (Wildman–Crippen MR) is 315 cm³/mol. The molecule has 0 atom stereocenters. The average Bonchev–Trinajstić information content (AvgIpc) is 1.69. The lowest BCUT2D eigenvalue weighted by molar-refractivity contribution is -0.143. The molecule has 17 heteroatoms. The third kappa shape index (κ3) is 9.30. The molecule has 0 saturated heterocycles. The maximum absolute atomic E-state index is 15.4. The van der Waals surface area contributed by atoms with Crippen molar-refractivity contribution in [1.29, 1.82) is 47.4 Å². The van der Waals surface area contributed by atoms with Crippen LogP contribution in [0.2, 0.25) is 0 Å². The molecule has 12 rings (SSSR count). The number of alkyl halides is 6. The molecular formula is C71H29F6N11. The Labute approximate surface area is 495 Å². The summed E-state index contributed by atoms with van der Waals surface area (Å²) < 4.78 is 95.8. The second-order valence-electron chi connectivity index (χ2n) is 20.3. The first-order chi connectivity index (χ1) is 42.4. The summed E-state index contributed by atoms with van der Waals surface area (Å²) in [6.45, 7) is 0. The fraction of sp³-hybridized carbons (Fsp3) is 0.0282. The second-order valence-corrected chi connectivity index (χ2v) is 20.3. The van der Waals surface area contributed by atoms with Gasteiger partial charge in [0.25, 0.3) is 0 Å². The number of nitrogens with zero attached hydrogens (tertiary/aromatic N) is 11. The molecule has 0 radical (unpaired) electrons. The summed E-state index contributed by atoms with van der Waals surface area (Å²) in [6.07, 6.45) is -10.7. The Balaban J connectivity index is 1.31. The fourth-order valence-electron chi connectivity index (χ4n) is 11.5. The Hall–Kier alpha value is -13.2. The van der Waals surface area contributed by atoms with Crippen LogP contribution < -0.4 is 0 Å². The number of halogens is 6. The van der Waals surface area contributed by atoms with Gasteiger partial charge in [0.1, 0.15) is 0 Å². The van der Waals surface area contributed by atoms with Crippen LogP contribution in [0.4, 0.5) is 26.3 Å². The van der Waals surface area contributed by atoms with Crippen LogP contribution in [0.5, 0.6) is 0 Å². The molecule has 0 N–H and O–H groups in total. The number of nitriles is 9. The molecule has 2 heterocycles. The third-order valence-corrected chi connectivity index (χ3v) is 15.4. The molecule has 0 saturated carbocycles. The summed E-state index contributed by atoms with van der Waals surface area (Å²) in [5.74, 6) is 0. The Morgan fingerprint density at radius 3 is 0.773 bits per heavy atom. The van der Waals surface area contributed by atoms with Gasteiger partial charge in [-0.1, -0.05) is 72.8 Å². The van der Waals surface area contributed by atoms with E-state index in [4.69, 9.17) is 0 Å². The number of benzene rings is 10. The fourth-order valence-corrected chi connectivity index (χ4v) is 11.5. The minimum atomic E-state index is -5.37. The van der Waals surface area contributed by atoms with Crippen LogP contribution in [0.3, 0.4) is 0 Å². The highest BCUT2D eigenvalue weighted by molar-refractivity contribution is 6.14. The topological polar surface area (TPSA) is 224 Å². The smallest absolute Gasteiger partial charge is 0.308 e. The normalized spacial score (nSPS) is 11.2. The van der Waals surface area contributed by atoms with Gasteiger partial charge in [-0.2, -0.15) is 73.7 Å². The van der Waals surface area contributed by atoms with Crippen LogP contribution in [0.1, 0.15) is 61.2 Å². The third-order valence-electron chi connectivity index (χ3n) is 15.4. The number of fused-ring (bicyclic) bond motifs is 6. The Morgan fingerprint density at radius 2 is 0.534 bits per heavy atom. The number of rotatable bonds is 7. The summed E-state index contributed by atoms with van der Waals surface area (Å²) >= 11 is 0. The lowest BCUT2D eigenvalue weighted by Crippen LogP contribution is -2.12. The zero-order chi connectivity index (χ0) is 61.9. The van der Waals surface area contributed by atoms with Gasteiger partial charge in [-0.05, 0) is 153 Å². The van der Waals surface area contributed by atoms with Gasteiger partial charge in [0.05, 0.1) is 149 Å². The maximum atomic E-state index is 15.4. The standard InChI is InChI=1S/C71H29F6N11/c72-70(73,74)53-23-48(24-54(29-53)71(75,76)77)69-67(87-63-25-44(55-9-1-39(30-78)17-49(55)35-83)5-13-59(63)60-14-6-45(26-64(60)87)56-10-2-40(31-79)18-50(56)36-84)21-43(34-82)22-68(69)88-65-27-46(57-11-3-41(32-80)19-51(57)37-85)7-15-61(65)62-16-8-47(28-66(62)88)58-12-4-42(33-81)20-52(58)38-86/h1-29H. The van der Waals surface area contributed by atoms with Gasteiger partial charge in [-0.25, -0.2) is 0 Å². The highest BCUT2D eigenvalue weighted by atomic mass is 19.4. The molecule has 10 aromatic carbocycles. The zero-order valence-electron chi connectivity index (χ0n) is 44.9. The molecule has 410 valence electrons. The second kappa shape index (κ2) is 21.2. The number of hydrogen-bond donors (Lipinski definition) is 0. The van der Waals surface area contributed by atoms with Crippen LogP contribution in [-0.2, 0) is 12.4 Å². The molecule has 0 fully saturated rings. The van der Waals surface area contributed by atoms with Gasteiger partial charge < -0.3 is 9.13 Å². The Morgan fingerprint density at radius 1 is 0.261 bits per heavy atom. The van der Waals surface area contributed by atoms with Crippen molar-refractivity contribution in [2.24, 2.45) is 0 Å². The molecule has 0 spiro atoms. The molecule has 0 aliphatic rings. The van der Waals surface area contributed by atoms with Crippen molar-refractivity contribution in [3.8, 4) is 122 Å². The van der Waals surface area contributed by atoms with E-state index in [-0.39, 0.29) is 95.1 Å². The first-order valence-corrected chi connectivity index (χ1v) is 26.3. The van der Waals surface area contributed by atoms with E-state index in [0.717, 1.165) is 0 Å². The van der Waals surface area contributed by atoms with E-state index in [9.17, 15) is 47.4 Å². The van der Waals surface area contributed by atoms with Crippen molar-refractivity contribution in [2.75, 3.05) is 0 Å². The lowest BCUT2D eigenvalue weighted by Gasteiger charge is -2.23. The molecule has 0 amide bonds. The van der Waals surface area contributed by atoms with Crippen LogP contribution in [0, 0.1) is 102 Å². The SMILES string of the molecule is N#Cc1ccc(-c2ccc3c4ccc(-c5ccc(C#N)cc5C#N)cc4n(-c4cc(C#N)cc(-n5c6cc(-c7ccc(C#N)cc7C#N)ccc6c6ccc(-c7ccc(C#N)cc7C#N)cc65)c4-c4cc(C(F)(F)F)cc(C(F)(F)F)c4)c3c2)c(C#N)c1. The van der Waals surface area contributed by atoms with Gasteiger partial charge in [-0.3, -0.25) is 0 Å². The Kier molecular flexibility index (Phi) is 13.3. The van der Waals surface area contributed by atoms with Gasteiger partial charge in [0.2, 0.25) is 0 Å². The van der Waals surface area contributed by atoms with E-state index in [2.05, 4.69) is 30.3 Å². The van der Waals surface area contributed by atoms with Gasteiger partial charge in [-0.15, -0.1) is 0 Å². The average molecular weight is 1150 g/mol. The number of hydrogen-bond acceptors (Lipinski definition) is 9. The zero-order valence-corrected chi connectivity index (χ0v) is 44.9. The minimum Gasteiger partial charge on any atom is -0.308 e. The molecule has 11 nitrogen and oxygen atoms in total. The van der Waals surface area contributed by atoms with Crippen molar-refractivity contribution in [1.82, 2.24) is 9.13 Å². The van der Waals surface area contributed by atoms with E-state index in [1.165, 1.54) is 60.7 Å². The monoisotopic (exact) mass is 1150 g/mol. The van der Waals surface area contributed by atoms with E-state index in [1.807, 2.05) is 24.3 Å². The van der Waals surface area contributed by atoms with Crippen molar-refractivity contribution < 1.29 is 26.3 Å². The summed E-state index contributed by atoms with van der Waals surface area (Å²) in [5, 5.41) is 94.1. The summed E-state index contributed by atoms with van der Waals surface area (Å²) in [6, 6.07) is 61.0. The van der Waals surface area contributed by atoms with Crippen molar-refractivity contribution in [3.63, 3.8) is 0 Å². The van der Waals surface area contributed by atoms with Crippen LogP contribution >= 0.6 is 0 Å². The van der Waals surface area contributed by atoms with Crippen LogP contribution in [-0.4, -0.2) is 9.13 Å². The molecule has 0 unspecified atom stereocenters. The highest BCUT2D eigenvalue weighted by Crippen LogP contribution is 2.48. The number of aromatic nitrogens is 2. The molecule has 0 aliphatic carbocycles. The maximum Gasteiger partial charge on any atom is 0.416 e. The predicted octanol–water partition coefficient (Wildman–Crippen LogP) is 17.1. The molecule has 88 heavy (non-hydrogen) atoms. The molecule has 2 aromatic heterocycles.